The van der Waals surface area contributed by atoms with E-state index in [1.54, 1.807) is 0 Å². The summed E-state index contributed by atoms with van der Waals surface area (Å²) in [7, 11) is 4.36. The molecular formula is C15H28N2O. The van der Waals surface area contributed by atoms with E-state index < -0.39 is 0 Å². The van der Waals surface area contributed by atoms with E-state index in [4.69, 9.17) is 10.5 Å². The molecule has 0 spiro atoms. The zero-order valence-electron chi connectivity index (χ0n) is 12.1. The van der Waals surface area contributed by atoms with Crippen molar-refractivity contribution in [1.82, 2.24) is 4.90 Å². The van der Waals surface area contributed by atoms with E-state index in [0.717, 1.165) is 25.4 Å². The fourth-order valence-electron chi connectivity index (χ4n) is 3.46. The van der Waals surface area contributed by atoms with Gasteiger partial charge >= 0.3 is 0 Å². The third-order valence-corrected chi connectivity index (χ3v) is 4.97. The summed E-state index contributed by atoms with van der Waals surface area (Å²) in [6.45, 7) is 3.20. The Morgan fingerprint density at radius 1 is 1.39 bits per heavy atom. The summed E-state index contributed by atoms with van der Waals surface area (Å²) < 4.78 is 5.48. The van der Waals surface area contributed by atoms with Crippen molar-refractivity contribution in [2.24, 2.45) is 11.7 Å². The predicted molar refractivity (Wildman–Crippen MR) is 75.3 cm³/mol. The van der Waals surface area contributed by atoms with Crippen LogP contribution in [0, 0.1) is 5.92 Å². The normalized spacial score (nSPS) is 34.9. The fraction of sp³-hybridized carbons (Fsp3) is 0.867. The molecule has 1 heterocycles. The van der Waals surface area contributed by atoms with E-state index in [1.165, 1.54) is 31.3 Å². The van der Waals surface area contributed by atoms with Crippen LogP contribution in [0.2, 0.25) is 0 Å². The maximum atomic E-state index is 6.61. The van der Waals surface area contributed by atoms with Crippen LogP contribution >= 0.6 is 0 Å². The molecule has 1 aliphatic carbocycles. The van der Waals surface area contributed by atoms with E-state index in [2.05, 4.69) is 25.9 Å². The molecule has 104 valence electrons. The first-order valence-electron chi connectivity index (χ1n) is 7.30. The molecule has 0 aromatic carbocycles. The molecular weight excluding hydrogens is 224 g/mol. The highest BCUT2D eigenvalue weighted by molar-refractivity contribution is 5.19. The van der Waals surface area contributed by atoms with Gasteiger partial charge in [-0.2, -0.15) is 0 Å². The number of nitrogens with two attached hydrogens (primary N) is 1. The summed E-state index contributed by atoms with van der Waals surface area (Å²) in [6, 6.07) is 0.125. The molecule has 1 aliphatic heterocycles. The van der Waals surface area contributed by atoms with Crippen molar-refractivity contribution in [3.63, 3.8) is 0 Å². The van der Waals surface area contributed by atoms with Crippen LogP contribution in [0.4, 0.5) is 0 Å². The van der Waals surface area contributed by atoms with Gasteiger partial charge in [0.25, 0.3) is 0 Å². The quantitative estimate of drug-likeness (QED) is 0.839. The average Bonchev–Trinajstić information content (AvgIpc) is 2.40. The third kappa shape index (κ3) is 2.57. The van der Waals surface area contributed by atoms with Crippen molar-refractivity contribution in [3.8, 4) is 0 Å². The van der Waals surface area contributed by atoms with E-state index >= 15 is 0 Å². The van der Waals surface area contributed by atoms with E-state index in [9.17, 15) is 0 Å². The molecule has 1 unspecified atom stereocenters. The SMILES string of the molecule is CC1CCC(C(N)C2=COCCC2)(N(C)C)CC1. The Morgan fingerprint density at radius 3 is 2.56 bits per heavy atom. The lowest BCUT2D eigenvalue weighted by atomic mass is 9.70. The van der Waals surface area contributed by atoms with Crippen LogP contribution in [0.1, 0.15) is 45.4 Å². The van der Waals surface area contributed by atoms with Gasteiger partial charge in [-0.15, -0.1) is 0 Å². The summed E-state index contributed by atoms with van der Waals surface area (Å²) in [5, 5.41) is 0. The van der Waals surface area contributed by atoms with Gasteiger partial charge in [0, 0.05) is 11.6 Å². The number of hydrogen-bond acceptors (Lipinski definition) is 3. The summed E-state index contributed by atoms with van der Waals surface area (Å²) in [5.74, 6) is 0.849. The van der Waals surface area contributed by atoms with Gasteiger partial charge in [-0.1, -0.05) is 6.92 Å². The minimum atomic E-state index is 0.125. The molecule has 0 radical (unpaired) electrons. The summed E-state index contributed by atoms with van der Waals surface area (Å²) >= 11 is 0. The van der Waals surface area contributed by atoms with Crippen molar-refractivity contribution < 1.29 is 4.74 Å². The molecule has 0 amide bonds. The number of rotatable bonds is 3. The van der Waals surface area contributed by atoms with Gasteiger partial charge in [0.2, 0.25) is 0 Å². The highest BCUT2D eigenvalue weighted by atomic mass is 16.5. The van der Waals surface area contributed by atoms with Crippen molar-refractivity contribution in [1.29, 1.82) is 0 Å². The molecule has 1 saturated carbocycles. The van der Waals surface area contributed by atoms with Crippen LogP contribution in [0.5, 0.6) is 0 Å². The number of likely N-dealkylation sites (N-methyl/N-ethyl adjacent to an activating group) is 1. The van der Waals surface area contributed by atoms with Gasteiger partial charge in [-0.05, 0) is 64.1 Å². The molecule has 2 N–H and O–H groups in total. The zero-order chi connectivity index (χ0) is 13.2. The van der Waals surface area contributed by atoms with Gasteiger partial charge < -0.3 is 15.4 Å². The summed E-state index contributed by atoms with van der Waals surface area (Å²) in [5.41, 5.74) is 8.06. The van der Waals surface area contributed by atoms with Crippen molar-refractivity contribution in [2.75, 3.05) is 20.7 Å². The minimum absolute atomic E-state index is 0.125. The van der Waals surface area contributed by atoms with Crippen LogP contribution in [-0.2, 0) is 4.74 Å². The van der Waals surface area contributed by atoms with Gasteiger partial charge in [0.05, 0.1) is 12.9 Å². The van der Waals surface area contributed by atoms with Crippen LogP contribution in [0.3, 0.4) is 0 Å². The first kappa shape index (κ1) is 13.9. The minimum Gasteiger partial charge on any atom is -0.501 e. The first-order chi connectivity index (χ1) is 8.56. The molecule has 2 aliphatic rings. The number of ether oxygens (including phenoxy) is 1. The number of hydrogen-bond donors (Lipinski definition) is 1. The molecule has 3 nitrogen and oxygen atoms in total. The van der Waals surface area contributed by atoms with Crippen molar-refractivity contribution in [2.45, 2.75) is 57.0 Å². The van der Waals surface area contributed by atoms with Gasteiger partial charge in [-0.3, -0.25) is 0 Å². The van der Waals surface area contributed by atoms with Crippen molar-refractivity contribution >= 4 is 0 Å². The average molecular weight is 252 g/mol. The Bertz CT molecular complexity index is 304. The monoisotopic (exact) mass is 252 g/mol. The van der Waals surface area contributed by atoms with Crippen LogP contribution < -0.4 is 5.73 Å². The molecule has 0 aromatic rings. The second-order valence-corrected chi connectivity index (χ2v) is 6.33. The summed E-state index contributed by atoms with van der Waals surface area (Å²) in [4.78, 5) is 2.36. The first-order valence-corrected chi connectivity index (χ1v) is 7.30. The Kier molecular flexibility index (Phi) is 4.33. The molecule has 1 fully saturated rings. The highest BCUT2D eigenvalue weighted by Gasteiger charge is 2.42. The third-order valence-electron chi connectivity index (χ3n) is 4.97. The largest absolute Gasteiger partial charge is 0.501 e. The molecule has 0 aromatic heterocycles. The number of nitrogens with zero attached hydrogens (tertiary/aromatic N) is 1. The Balaban J connectivity index is 2.16. The highest BCUT2D eigenvalue weighted by Crippen LogP contribution is 2.40. The Hall–Kier alpha value is -0.540. The van der Waals surface area contributed by atoms with Crippen molar-refractivity contribution in [3.05, 3.63) is 11.8 Å². The van der Waals surface area contributed by atoms with E-state index in [-0.39, 0.29) is 11.6 Å². The second-order valence-electron chi connectivity index (χ2n) is 6.33. The molecule has 3 heteroatoms. The van der Waals surface area contributed by atoms with Crippen LogP contribution in [0.15, 0.2) is 11.8 Å². The summed E-state index contributed by atoms with van der Waals surface area (Å²) in [6.07, 6.45) is 9.14. The molecule has 1 atom stereocenters. The zero-order valence-corrected chi connectivity index (χ0v) is 12.1. The van der Waals surface area contributed by atoms with Gasteiger partial charge in [0.15, 0.2) is 0 Å². The molecule has 0 saturated heterocycles. The predicted octanol–water partition coefficient (Wildman–Crippen LogP) is 2.52. The molecule has 2 rings (SSSR count). The maximum absolute atomic E-state index is 6.61. The lowest BCUT2D eigenvalue weighted by Crippen LogP contribution is -2.59. The van der Waals surface area contributed by atoms with Crippen LogP contribution in [-0.4, -0.2) is 37.2 Å². The fourth-order valence-corrected chi connectivity index (χ4v) is 3.46. The maximum Gasteiger partial charge on any atom is 0.0876 e. The van der Waals surface area contributed by atoms with E-state index in [1.807, 2.05) is 6.26 Å². The lowest BCUT2D eigenvalue weighted by Gasteiger charge is -2.49. The topological polar surface area (TPSA) is 38.5 Å². The molecule has 0 bridgehead atoms. The van der Waals surface area contributed by atoms with Gasteiger partial charge in [0.1, 0.15) is 0 Å². The molecule has 18 heavy (non-hydrogen) atoms. The standard InChI is InChI=1S/C15H28N2O/c1-12-6-8-15(9-7-12,17(2)3)14(16)13-5-4-10-18-11-13/h11-12,14H,4-10,16H2,1-3H3. The second kappa shape index (κ2) is 5.62. The lowest BCUT2D eigenvalue weighted by molar-refractivity contribution is 0.0630. The van der Waals surface area contributed by atoms with Gasteiger partial charge in [-0.25, -0.2) is 0 Å². The van der Waals surface area contributed by atoms with E-state index in [0.29, 0.717) is 0 Å². The van der Waals surface area contributed by atoms with Crippen LogP contribution in [0.25, 0.3) is 0 Å². The Labute approximate surface area is 111 Å². The Morgan fingerprint density at radius 2 is 2.06 bits per heavy atom. The smallest absolute Gasteiger partial charge is 0.0876 e.